The van der Waals surface area contributed by atoms with Crippen LogP contribution in [0.15, 0.2) is 59.3 Å². The second kappa shape index (κ2) is 7.48. The molecular weight excluding hydrogens is 361 g/mol. The molecule has 4 aromatic rings. The van der Waals surface area contributed by atoms with Gasteiger partial charge in [0.25, 0.3) is 0 Å². The number of hydrogen-bond acceptors (Lipinski definition) is 5. The minimum absolute atomic E-state index is 0.161. The molecule has 0 aliphatic heterocycles. The van der Waals surface area contributed by atoms with Gasteiger partial charge in [0.15, 0.2) is 12.4 Å². The number of benzene rings is 2. The molecular formula is C21H16FN3O3. The summed E-state index contributed by atoms with van der Waals surface area (Å²) in [4.78, 5) is 19.4. The van der Waals surface area contributed by atoms with Gasteiger partial charge in [-0.1, -0.05) is 23.4 Å². The Morgan fingerprint density at radius 1 is 1.25 bits per heavy atom. The number of ketones is 1. The molecule has 0 bridgehead atoms. The van der Waals surface area contributed by atoms with Gasteiger partial charge in [0, 0.05) is 29.6 Å². The summed E-state index contributed by atoms with van der Waals surface area (Å²) in [6.07, 6.45) is 4.80. The third-order valence-corrected chi connectivity index (χ3v) is 4.15. The molecule has 0 amide bonds. The largest absolute Gasteiger partial charge is 0.485 e. The van der Waals surface area contributed by atoms with Gasteiger partial charge in [0.05, 0.1) is 0 Å². The Bertz CT molecular complexity index is 1160. The van der Waals surface area contributed by atoms with Gasteiger partial charge in [-0.2, -0.15) is 4.98 Å². The van der Waals surface area contributed by atoms with Gasteiger partial charge in [-0.15, -0.1) is 0 Å². The summed E-state index contributed by atoms with van der Waals surface area (Å²) in [5, 5.41) is 4.46. The standard InChI is InChI=1S/C21H16FN3O3/c1-13-24-21(25-28-13)12-27-16-6-2-14(3-7-16)4-9-20(26)18-11-23-19-10-15(22)5-8-17(18)19/h2-11,23H,12H2,1H3/b9-4+. The van der Waals surface area contributed by atoms with Gasteiger partial charge in [0.2, 0.25) is 11.7 Å². The van der Waals surface area contributed by atoms with Crippen LogP contribution in [0.5, 0.6) is 5.75 Å². The molecule has 2 aromatic heterocycles. The average Bonchev–Trinajstić information content (AvgIpc) is 3.31. The normalized spacial score (nSPS) is 11.4. The molecule has 2 heterocycles. The molecule has 0 radical (unpaired) electrons. The van der Waals surface area contributed by atoms with Gasteiger partial charge >= 0.3 is 0 Å². The predicted octanol–water partition coefficient (Wildman–Crippen LogP) is 4.47. The van der Waals surface area contributed by atoms with E-state index >= 15 is 0 Å². The number of allylic oxidation sites excluding steroid dienone is 1. The zero-order valence-electron chi connectivity index (χ0n) is 15.0. The van der Waals surface area contributed by atoms with E-state index in [0.29, 0.717) is 33.9 Å². The van der Waals surface area contributed by atoms with Gasteiger partial charge in [0.1, 0.15) is 11.6 Å². The number of aromatic nitrogens is 3. The Hall–Kier alpha value is -3.74. The first-order chi connectivity index (χ1) is 13.6. The molecule has 0 atom stereocenters. The Kier molecular flexibility index (Phi) is 4.72. The lowest BCUT2D eigenvalue weighted by molar-refractivity contribution is 0.104. The van der Waals surface area contributed by atoms with Crippen molar-refractivity contribution in [3.63, 3.8) is 0 Å². The van der Waals surface area contributed by atoms with Gasteiger partial charge in [-0.3, -0.25) is 4.79 Å². The summed E-state index contributed by atoms with van der Waals surface area (Å²) in [5.74, 6) is 1.12. The highest BCUT2D eigenvalue weighted by atomic mass is 19.1. The molecule has 0 spiro atoms. The monoisotopic (exact) mass is 377 g/mol. The van der Waals surface area contributed by atoms with E-state index in [1.165, 1.54) is 18.2 Å². The lowest BCUT2D eigenvalue weighted by Crippen LogP contribution is -1.97. The van der Waals surface area contributed by atoms with Crippen LogP contribution in [-0.2, 0) is 6.61 Å². The number of rotatable bonds is 6. The topological polar surface area (TPSA) is 81.0 Å². The van der Waals surface area contributed by atoms with Crippen molar-refractivity contribution < 1.29 is 18.4 Å². The minimum Gasteiger partial charge on any atom is -0.485 e. The highest BCUT2D eigenvalue weighted by Gasteiger charge is 2.10. The van der Waals surface area contributed by atoms with Crippen LogP contribution in [0.2, 0.25) is 0 Å². The van der Waals surface area contributed by atoms with Crippen molar-refractivity contribution in [1.82, 2.24) is 15.1 Å². The van der Waals surface area contributed by atoms with E-state index in [-0.39, 0.29) is 18.2 Å². The molecule has 0 saturated heterocycles. The van der Waals surface area contributed by atoms with Crippen molar-refractivity contribution >= 4 is 22.8 Å². The molecule has 28 heavy (non-hydrogen) atoms. The van der Waals surface area contributed by atoms with Crippen LogP contribution >= 0.6 is 0 Å². The molecule has 0 saturated carbocycles. The Morgan fingerprint density at radius 2 is 2.07 bits per heavy atom. The van der Waals surface area contributed by atoms with Crippen LogP contribution in [0.3, 0.4) is 0 Å². The number of aromatic amines is 1. The molecule has 140 valence electrons. The summed E-state index contributed by atoms with van der Waals surface area (Å²) >= 11 is 0. The SMILES string of the molecule is Cc1nc(COc2ccc(/C=C/C(=O)c3c[nH]c4cc(F)ccc34)cc2)no1. The van der Waals surface area contributed by atoms with Crippen LogP contribution in [0, 0.1) is 12.7 Å². The van der Waals surface area contributed by atoms with Crippen LogP contribution in [0.1, 0.15) is 27.6 Å². The van der Waals surface area contributed by atoms with Crippen molar-refractivity contribution in [1.29, 1.82) is 0 Å². The molecule has 6 nitrogen and oxygen atoms in total. The van der Waals surface area contributed by atoms with E-state index in [2.05, 4.69) is 15.1 Å². The fourth-order valence-electron chi connectivity index (χ4n) is 2.79. The highest BCUT2D eigenvalue weighted by Crippen LogP contribution is 2.21. The molecule has 4 rings (SSSR count). The van der Waals surface area contributed by atoms with E-state index in [9.17, 15) is 9.18 Å². The summed E-state index contributed by atoms with van der Waals surface area (Å²) in [6.45, 7) is 1.93. The number of ether oxygens (including phenoxy) is 1. The first-order valence-electron chi connectivity index (χ1n) is 8.59. The first kappa shape index (κ1) is 17.7. The zero-order valence-corrected chi connectivity index (χ0v) is 15.0. The number of hydrogen-bond donors (Lipinski definition) is 1. The average molecular weight is 377 g/mol. The maximum atomic E-state index is 13.3. The second-order valence-electron chi connectivity index (χ2n) is 6.18. The molecule has 0 aliphatic carbocycles. The first-order valence-corrected chi connectivity index (χ1v) is 8.59. The Balaban J connectivity index is 1.41. The molecule has 0 fully saturated rings. The van der Waals surface area contributed by atoms with Crippen molar-refractivity contribution in [2.45, 2.75) is 13.5 Å². The quantitative estimate of drug-likeness (QED) is 0.396. The van der Waals surface area contributed by atoms with E-state index in [1.54, 1.807) is 37.4 Å². The lowest BCUT2D eigenvalue weighted by Gasteiger charge is -2.03. The Labute approximate surface area is 159 Å². The molecule has 0 unspecified atom stereocenters. The summed E-state index contributed by atoms with van der Waals surface area (Å²) in [7, 11) is 0. The van der Waals surface area contributed by atoms with E-state index in [4.69, 9.17) is 9.26 Å². The van der Waals surface area contributed by atoms with E-state index in [1.807, 2.05) is 12.1 Å². The van der Waals surface area contributed by atoms with Gasteiger partial charge < -0.3 is 14.2 Å². The molecule has 0 aliphatic rings. The predicted molar refractivity (Wildman–Crippen MR) is 101 cm³/mol. The Morgan fingerprint density at radius 3 is 2.82 bits per heavy atom. The number of fused-ring (bicyclic) bond motifs is 1. The maximum absolute atomic E-state index is 13.3. The third kappa shape index (κ3) is 3.83. The smallest absolute Gasteiger partial charge is 0.223 e. The van der Waals surface area contributed by atoms with Crippen molar-refractivity contribution in [2.75, 3.05) is 0 Å². The lowest BCUT2D eigenvalue weighted by atomic mass is 10.1. The summed E-state index contributed by atoms with van der Waals surface area (Å²) in [6, 6.07) is 11.6. The zero-order chi connectivity index (χ0) is 19.5. The number of carbonyl (C=O) groups is 1. The molecule has 1 N–H and O–H groups in total. The van der Waals surface area contributed by atoms with E-state index in [0.717, 1.165) is 5.56 Å². The van der Waals surface area contributed by atoms with Crippen molar-refractivity contribution in [3.8, 4) is 5.75 Å². The number of nitrogens with one attached hydrogen (secondary N) is 1. The summed E-state index contributed by atoms with van der Waals surface area (Å²) < 4.78 is 23.7. The second-order valence-corrected chi connectivity index (χ2v) is 6.18. The number of nitrogens with zero attached hydrogens (tertiary/aromatic N) is 2. The fraction of sp³-hybridized carbons (Fsp3) is 0.0952. The minimum atomic E-state index is -0.347. The van der Waals surface area contributed by atoms with E-state index < -0.39 is 0 Å². The maximum Gasteiger partial charge on any atom is 0.223 e. The van der Waals surface area contributed by atoms with Crippen LogP contribution in [-0.4, -0.2) is 20.9 Å². The number of carbonyl (C=O) groups excluding carboxylic acids is 1. The van der Waals surface area contributed by atoms with Crippen LogP contribution in [0.25, 0.3) is 17.0 Å². The van der Waals surface area contributed by atoms with Gasteiger partial charge in [-0.25, -0.2) is 4.39 Å². The fourth-order valence-corrected chi connectivity index (χ4v) is 2.79. The molecule has 7 heteroatoms. The molecule has 2 aromatic carbocycles. The van der Waals surface area contributed by atoms with Gasteiger partial charge in [-0.05, 0) is 42.0 Å². The van der Waals surface area contributed by atoms with Crippen molar-refractivity contribution in [2.24, 2.45) is 0 Å². The number of H-pyrrole nitrogens is 1. The van der Waals surface area contributed by atoms with Crippen LogP contribution < -0.4 is 4.74 Å². The van der Waals surface area contributed by atoms with Crippen LogP contribution in [0.4, 0.5) is 4.39 Å². The number of halogens is 1. The van der Waals surface area contributed by atoms with Crippen molar-refractivity contribution in [3.05, 3.63) is 83.4 Å². The highest BCUT2D eigenvalue weighted by molar-refractivity contribution is 6.14. The summed E-state index contributed by atoms with van der Waals surface area (Å²) in [5.41, 5.74) is 1.94. The number of aryl methyl sites for hydroxylation is 1. The third-order valence-electron chi connectivity index (χ3n) is 4.15.